The van der Waals surface area contributed by atoms with Crippen molar-refractivity contribution in [3.05, 3.63) is 28.2 Å². The van der Waals surface area contributed by atoms with Gasteiger partial charge in [-0.3, -0.25) is 0 Å². The lowest BCUT2D eigenvalue weighted by Gasteiger charge is -2.24. The maximum Gasteiger partial charge on any atom is 0.0744 e. The van der Waals surface area contributed by atoms with Crippen molar-refractivity contribution >= 4 is 21.6 Å². The fraction of sp³-hybridized carbons (Fsp3) is 0.571. The molecule has 1 atom stereocenters. The van der Waals surface area contributed by atoms with E-state index >= 15 is 0 Å². The first-order valence-electron chi connectivity index (χ1n) is 6.52. The molecule has 1 aliphatic rings. The lowest BCUT2D eigenvalue weighted by Crippen LogP contribution is -2.33. The van der Waals surface area contributed by atoms with Gasteiger partial charge in [-0.15, -0.1) is 0 Å². The van der Waals surface area contributed by atoms with Crippen molar-refractivity contribution in [3.8, 4) is 0 Å². The fourth-order valence-corrected chi connectivity index (χ4v) is 2.85. The van der Waals surface area contributed by atoms with Gasteiger partial charge in [0, 0.05) is 29.4 Å². The molecule has 0 saturated carbocycles. The second-order valence-electron chi connectivity index (χ2n) is 4.79. The molecule has 1 saturated heterocycles. The zero-order valence-corrected chi connectivity index (χ0v) is 12.4. The molecule has 1 aliphatic heterocycles. The van der Waals surface area contributed by atoms with Crippen molar-refractivity contribution in [2.45, 2.75) is 19.4 Å². The molecule has 1 fully saturated rings. The number of nitrogens with one attached hydrogen (secondary N) is 2. The van der Waals surface area contributed by atoms with Crippen LogP contribution in [0.5, 0.6) is 0 Å². The standard InChI is InChI=1S/C14H21BrN2O/c1-18-10-12-13(15)5-2-6-14(12)17-9-11-4-3-7-16-8-11/h2,5-6,11,16-17H,3-4,7-10H2,1H3. The maximum atomic E-state index is 5.26. The van der Waals surface area contributed by atoms with Gasteiger partial charge in [-0.1, -0.05) is 22.0 Å². The molecule has 2 N–H and O–H groups in total. The van der Waals surface area contributed by atoms with E-state index in [1.165, 1.54) is 30.6 Å². The molecule has 4 heteroatoms. The fourth-order valence-electron chi connectivity index (χ4n) is 2.37. The van der Waals surface area contributed by atoms with Crippen LogP contribution in [0.2, 0.25) is 0 Å². The Kier molecular flexibility index (Phi) is 5.47. The quantitative estimate of drug-likeness (QED) is 0.877. The summed E-state index contributed by atoms with van der Waals surface area (Å²) in [6.45, 7) is 3.95. The Hall–Kier alpha value is -0.580. The van der Waals surface area contributed by atoms with Crippen LogP contribution in [0.15, 0.2) is 22.7 Å². The van der Waals surface area contributed by atoms with E-state index in [1.54, 1.807) is 7.11 Å². The number of piperidine rings is 1. The van der Waals surface area contributed by atoms with Gasteiger partial charge in [0.15, 0.2) is 0 Å². The first kappa shape index (κ1) is 13.8. The molecule has 1 aromatic carbocycles. The minimum atomic E-state index is 0.632. The third-order valence-electron chi connectivity index (χ3n) is 3.39. The van der Waals surface area contributed by atoms with E-state index in [1.807, 2.05) is 0 Å². The van der Waals surface area contributed by atoms with Crippen LogP contribution in [0.3, 0.4) is 0 Å². The Balaban J connectivity index is 1.97. The maximum absolute atomic E-state index is 5.26. The van der Waals surface area contributed by atoms with E-state index in [0.29, 0.717) is 6.61 Å². The van der Waals surface area contributed by atoms with Gasteiger partial charge in [-0.05, 0) is 44.0 Å². The van der Waals surface area contributed by atoms with Crippen LogP contribution in [0, 0.1) is 5.92 Å². The Morgan fingerprint density at radius 2 is 2.39 bits per heavy atom. The topological polar surface area (TPSA) is 33.3 Å². The number of halogens is 1. The summed E-state index contributed by atoms with van der Waals surface area (Å²) in [6.07, 6.45) is 2.60. The Morgan fingerprint density at radius 3 is 3.11 bits per heavy atom. The number of anilines is 1. The summed E-state index contributed by atoms with van der Waals surface area (Å²) in [4.78, 5) is 0. The number of hydrogen-bond donors (Lipinski definition) is 2. The van der Waals surface area contributed by atoms with E-state index in [-0.39, 0.29) is 0 Å². The minimum Gasteiger partial charge on any atom is -0.384 e. The second kappa shape index (κ2) is 7.12. The Morgan fingerprint density at radius 1 is 1.50 bits per heavy atom. The lowest BCUT2D eigenvalue weighted by atomic mass is 9.99. The number of ether oxygens (including phenoxy) is 1. The van der Waals surface area contributed by atoms with Gasteiger partial charge in [-0.25, -0.2) is 0 Å². The highest BCUT2D eigenvalue weighted by molar-refractivity contribution is 9.10. The van der Waals surface area contributed by atoms with Crippen molar-refractivity contribution in [1.82, 2.24) is 5.32 Å². The van der Waals surface area contributed by atoms with Crippen LogP contribution in [0.25, 0.3) is 0 Å². The highest BCUT2D eigenvalue weighted by Crippen LogP contribution is 2.26. The second-order valence-corrected chi connectivity index (χ2v) is 5.65. The highest BCUT2D eigenvalue weighted by atomic mass is 79.9. The summed E-state index contributed by atoms with van der Waals surface area (Å²) in [6, 6.07) is 6.24. The van der Waals surface area contributed by atoms with E-state index in [0.717, 1.165) is 23.5 Å². The molecule has 0 aromatic heterocycles. The van der Waals surface area contributed by atoms with Gasteiger partial charge in [-0.2, -0.15) is 0 Å². The van der Waals surface area contributed by atoms with Crippen LogP contribution in [-0.2, 0) is 11.3 Å². The van der Waals surface area contributed by atoms with Crippen LogP contribution < -0.4 is 10.6 Å². The smallest absolute Gasteiger partial charge is 0.0744 e. The van der Waals surface area contributed by atoms with Crippen LogP contribution in [-0.4, -0.2) is 26.7 Å². The SMILES string of the molecule is COCc1c(Br)cccc1NCC1CCCNC1. The molecule has 0 amide bonds. The van der Waals surface area contributed by atoms with Gasteiger partial charge in [0.05, 0.1) is 6.61 Å². The average molecular weight is 313 g/mol. The summed E-state index contributed by atoms with van der Waals surface area (Å²) in [5.74, 6) is 0.730. The Labute approximate surface area is 117 Å². The zero-order valence-electron chi connectivity index (χ0n) is 10.8. The first-order valence-corrected chi connectivity index (χ1v) is 7.31. The molecule has 0 spiro atoms. The predicted molar refractivity (Wildman–Crippen MR) is 78.9 cm³/mol. The Bertz CT molecular complexity index is 378. The molecule has 2 rings (SSSR count). The molecule has 1 unspecified atom stereocenters. The van der Waals surface area contributed by atoms with Crippen molar-refractivity contribution < 1.29 is 4.74 Å². The first-order chi connectivity index (χ1) is 8.81. The summed E-state index contributed by atoms with van der Waals surface area (Å²) in [5, 5.41) is 7.01. The summed E-state index contributed by atoms with van der Waals surface area (Å²) < 4.78 is 6.37. The van der Waals surface area contributed by atoms with E-state index < -0.39 is 0 Å². The summed E-state index contributed by atoms with van der Waals surface area (Å²) in [5.41, 5.74) is 2.38. The van der Waals surface area contributed by atoms with Crippen LogP contribution >= 0.6 is 15.9 Å². The molecule has 18 heavy (non-hydrogen) atoms. The van der Waals surface area contributed by atoms with E-state index in [2.05, 4.69) is 44.8 Å². The van der Waals surface area contributed by atoms with Crippen molar-refractivity contribution in [3.63, 3.8) is 0 Å². The molecular formula is C14H21BrN2O. The molecule has 1 aromatic rings. The van der Waals surface area contributed by atoms with Gasteiger partial charge in [0.25, 0.3) is 0 Å². The normalized spacial score (nSPS) is 19.8. The third-order valence-corrected chi connectivity index (χ3v) is 4.13. The van der Waals surface area contributed by atoms with Crippen LogP contribution in [0.1, 0.15) is 18.4 Å². The van der Waals surface area contributed by atoms with Crippen molar-refractivity contribution in [1.29, 1.82) is 0 Å². The molecule has 1 heterocycles. The van der Waals surface area contributed by atoms with E-state index in [9.17, 15) is 0 Å². The number of benzene rings is 1. The largest absolute Gasteiger partial charge is 0.384 e. The molecule has 0 aliphatic carbocycles. The molecule has 100 valence electrons. The number of methoxy groups -OCH3 is 1. The van der Waals surface area contributed by atoms with Crippen LogP contribution in [0.4, 0.5) is 5.69 Å². The zero-order chi connectivity index (χ0) is 12.8. The minimum absolute atomic E-state index is 0.632. The van der Waals surface area contributed by atoms with Crippen molar-refractivity contribution in [2.75, 3.05) is 32.1 Å². The predicted octanol–water partition coefficient (Wildman–Crippen LogP) is 3.01. The molecule has 0 bridgehead atoms. The van der Waals surface area contributed by atoms with Gasteiger partial charge >= 0.3 is 0 Å². The average Bonchev–Trinajstić information content (AvgIpc) is 2.41. The molecule has 0 radical (unpaired) electrons. The highest BCUT2D eigenvalue weighted by Gasteiger charge is 2.13. The summed E-state index contributed by atoms with van der Waals surface area (Å²) >= 11 is 3.58. The third kappa shape index (κ3) is 3.70. The summed E-state index contributed by atoms with van der Waals surface area (Å²) in [7, 11) is 1.73. The monoisotopic (exact) mass is 312 g/mol. The van der Waals surface area contributed by atoms with E-state index in [4.69, 9.17) is 4.74 Å². The number of rotatable bonds is 5. The van der Waals surface area contributed by atoms with Gasteiger partial charge < -0.3 is 15.4 Å². The number of hydrogen-bond acceptors (Lipinski definition) is 3. The van der Waals surface area contributed by atoms with Crippen molar-refractivity contribution in [2.24, 2.45) is 5.92 Å². The molecular weight excluding hydrogens is 292 g/mol. The lowest BCUT2D eigenvalue weighted by molar-refractivity contribution is 0.185. The van der Waals surface area contributed by atoms with Gasteiger partial charge in [0.2, 0.25) is 0 Å². The van der Waals surface area contributed by atoms with Gasteiger partial charge in [0.1, 0.15) is 0 Å². The molecule has 3 nitrogen and oxygen atoms in total.